The number of carbonyl (C=O) groups excluding carboxylic acids is 1. The number of aromatic nitrogens is 8. The Morgan fingerprint density at radius 1 is 1.11 bits per heavy atom. The molecule has 0 spiro atoms. The fourth-order valence-electron chi connectivity index (χ4n) is 2.98. The Bertz CT molecular complexity index is 945. The van der Waals surface area contributed by atoms with Crippen molar-refractivity contribution in [2.24, 2.45) is 7.05 Å². The molecule has 1 amide bonds. The molecule has 0 atom stereocenters. The lowest BCUT2D eigenvalue weighted by atomic mass is 10.3. The van der Waals surface area contributed by atoms with Crippen molar-refractivity contribution in [3.05, 3.63) is 30.4 Å². The predicted molar refractivity (Wildman–Crippen MR) is 102 cm³/mol. The van der Waals surface area contributed by atoms with Gasteiger partial charge in [0.1, 0.15) is 5.82 Å². The summed E-state index contributed by atoms with van der Waals surface area (Å²) >= 11 is 1.35. The number of amides is 1. The van der Waals surface area contributed by atoms with Gasteiger partial charge < -0.3 is 9.80 Å². The third-order valence-electron chi connectivity index (χ3n) is 4.57. The number of hydrogen-bond acceptors (Lipinski definition) is 9. The molecule has 1 aliphatic heterocycles. The van der Waals surface area contributed by atoms with Gasteiger partial charge in [-0.25, -0.2) is 9.67 Å². The zero-order valence-corrected chi connectivity index (χ0v) is 16.5. The van der Waals surface area contributed by atoms with Gasteiger partial charge in [-0.15, -0.1) is 15.3 Å². The molecule has 3 aromatic rings. The Hall–Kier alpha value is -3.02. The van der Waals surface area contributed by atoms with E-state index in [0.717, 1.165) is 30.5 Å². The average Bonchev–Trinajstić information content (AvgIpc) is 3.34. The van der Waals surface area contributed by atoms with Gasteiger partial charge in [-0.1, -0.05) is 11.8 Å². The van der Waals surface area contributed by atoms with E-state index in [-0.39, 0.29) is 5.91 Å². The summed E-state index contributed by atoms with van der Waals surface area (Å²) in [7, 11) is 1.76. The molecule has 0 N–H and O–H groups in total. The van der Waals surface area contributed by atoms with Crippen LogP contribution in [-0.4, -0.2) is 82.7 Å². The number of rotatable bonds is 5. The van der Waals surface area contributed by atoms with Crippen LogP contribution in [0.2, 0.25) is 0 Å². The SMILES string of the molecule is Cc1nccn1-c1ccc(N2CCN(C(=O)CSc3nnnn3C)CC2)nn1. The maximum absolute atomic E-state index is 12.4. The molecular weight excluding hydrogens is 380 g/mol. The fourth-order valence-corrected chi connectivity index (χ4v) is 3.73. The largest absolute Gasteiger partial charge is 0.352 e. The second-order valence-corrected chi connectivity index (χ2v) is 7.28. The van der Waals surface area contributed by atoms with Crippen LogP contribution in [0.4, 0.5) is 5.82 Å². The number of imidazole rings is 1. The second kappa shape index (κ2) is 7.92. The molecule has 11 nitrogen and oxygen atoms in total. The maximum Gasteiger partial charge on any atom is 0.233 e. The van der Waals surface area contributed by atoms with Crippen molar-refractivity contribution in [1.82, 2.24) is 44.9 Å². The lowest BCUT2D eigenvalue weighted by Crippen LogP contribution is -2.49. The highest BCUT2D eigenvalue weighted by molar-refractivity contribution is 7.99. The smallest absolute Gasteiger partial charge is 0.233 e. The number of tetrazole rings is 1. The van der Waals surface area contributed by atoms with Crippen molar-refractivity contribution < 1.29 is 4.79 Å². The first-order valence-corrected chi connectivity index (χ1v) is 9.82. The minimum Gasteiger partial charge on any atom is -0.352 e. The highest BCUT2D eigenvalue weighted by Gasteiger charge is 2.22. The molecule has 0 unspecified atom stereocenters. The monoisotopic (exact) mass is 400 g/mol. The summed E-state index contributed by atoms with van der Waals surface area (Å²) in [6, 6.07) is 3.89. The quantitative estimate of drug-likeness (QED) is 0.544. The average molecular weight is 400 g/mol. The van der Waals surface area contributed by atoms with E-state index >= 15 is 0 Å². The van der Waals surface area contributed by atoms with Gasteiger partial charge in [0.25, 0.3) is 0 Å². The molecular formula is C16H20N10OS. The minimum atomic E-state index is 0.0877. The van der Waals surface area contributed by atoms with Crippen LogP contribution < -0.4 is 4.90 Å². The Morgan fingerprint density at radius 3 is 2.46 bits per heavy atom. The van der Waals surface area contributed by atoms with Gasteiger partial charge in [-0.05, 0) is 29.5 Å². The first-order valence-electron chi connectivity index (χ1n) is 8.84. The summed E-state index contributed by atoms with van der Waals surface area (Å²) in [5.74, 6) is 2.83. The first kappa shape index (κ1) is 18.3. The summed E-state index contributed by atoms with van der Waals surface area (Å²) < 4.78 is 3.45. The Kier molecular flexibility index (Phi) is 5.19. The highest BCUT2D eigenvalue weighted by Crippen LogP contribution is 2.17. The van der Waals surface area contributed by atoms with Crippen molar-refractivity contribution in [3.8, 4) is 5.82 Å². The van der Waals surface area contributed by atoms with Crippen LogP contribution in [0.25, 0.3) is 5.82 Å². The molecule has 4 heterocycles. The number of aryl methyl sites for hydroxylation is 2. The maximum atomic E-state index is 12.4. The van der Waals surface area contributed by atoms with Crippen molar-refractivity contribution in [2.75, 3.05) is 36.8 Å². The van der Waals surface area contributed by atoms with Gasteiger partial charge in [0.2, 0.25) is 11.1 Å². The summed E-state index contributed by atoms with van der Waals surface area (Å²) in [4.78, 5) is 20.6. The van der Waals surface area contributed by atoms with E-state index in [9.17, 15) is 4.79 Å². The van der Waals surface area contributed by atoms with E-state index in [0.29, 0.717) is 24.0 Å². The number of piperazine rings is 1. The molecule has 3 aromatic heterocycles. The molecule has 1 aliphatic rings. The van der Waals surface area contributed by atoms with Gasteiger partial charge in [0, 0.05) is 45.6 Å². The van der Waals surface area contributed by atoms with E-state index < -0.39 is 0 Å². The molecule has 4 rings (SSSR count). The zero-order chi connectivity index (χ0) is 19.5. The second-order valence-electron chi connectivity index (χ2n) is 6.34. The minimum absolute atomic E-state index is 0.0877. The van der Waals surface area contributed by atoms with Crippen LogP contribution in [0.1, 0.15) is 5.82 Å². The number of hydrogen-bond donors (Lipinski definition) is 0. The van der Waals surface area contributed by atoms with Gasteiger partial charge in [-0.2, -0.15) is 0 Å². The predicted octanol–water partition coefficient (Wildman–Crippen LogP) is -0.0649. The van der Waals surface area contributed by atoms with Crippen molar-refractivity contribution in [3.63, 3.8) is 0 Å². The molecule has 1 saturated heterocycles. The van der Waals surface area contributed by atoms with Crippen molar-refractivity contribution in [1.29, 1.82) is 0 Å². The molecule has 0 aromatic carbocycles. The molecule has 146 valence electrons. The number of nitrogens with zero attached hydrogens (tertiary/aromatic N) is 10. The lowest BCUT2D eigenvalue weighted by Gasteiger charge is -2.35. The summed E-state index contributed by atoms with van der Waals surface area (Å²) in [5.41, 5.74) is 0. The highest BCUT2D eigenvalue weighted by atomic mass is 32.2. The summed E-state index contributed by atoms with van der Waals surface area (Å²) in [5, 5.41) is 20.5. The molecule has 1 fully saturated rings. The van der Waals surface area contributed by atoms with Crippen LogP contribution in [0.3, 0.4) is 0 Å². The number of anilines is 1. The normalized spacial score (nSPS) is 14.5. The van der Waals surface area contributed by atoms with Crippen LogP contribution in [0, 0.1) is 6.92 Å². The molecule has 0 aliphatic carbocycles. The van der Waals surface area contributed by atoms with E-state index in [1.807, 2.05) is 34.7 Å². The van der Waals surface area contributed by atoms with Gasteiger partial charge in [0.05, 0.1) is 5.75 Å². The van der Waals surface area contributed by atoms with Gasteiger partial charge in [0.15, 0.2) is 11.6 Å². The van der Waals surface area contributed by atoms with E-state index in [1.54, 1.807) is 17.9 Å². The van der Waals surface area contributed by atoms with E-state index in [4.69, 9.17) is 0 Å². The first-order chi connectivity index (χ1) is 13.6. The Labute approximate surface area is 165 Å². The summed E-state index contributed by atoms with van der Waals surface area (Å²) in [6.07, 6.45) is 3.60. The molecule has 0 bridgehead atoms. The van der Waals surface area contributed by atoms with E-state index in [2.05, 4.69) is 35.6 Å². The zero-order valence-electron chi connectivity index (χ0n) is 15.6. The third kappa shape index (κ3) is 3.81. The number of carbonyl (C=O) groups is 1. The van der Waals surface area contributed by atoms with Crippen LogP contribution >= 0.6 is 11.8 Å². The van der Waals surface area contributed by atoms with Gasteiger partial charge in [-0.3, -0.25) is 9.36 Å². The number of thioether (sulfide) groups is 1. The fraction of sp³-hybridized carbons (Fsp3) is 0.438. The van der Waals surface area contributed by atoms with Crippen LogP contribution in [-0.2, 0) is 11.8 Å². The molecule has 0 saturated carbocycles. The van der Waals surface area contributed by atoms with E-state index in [1.165, 1.54) is 11.8 Å². The Balaban J connectivity index is 1.30. The third-order valence-corrected chi connectivity index (χ3v) is 5.57. The van der Waals surface area contributed by atoms with Crippen molar-refractivity contribution in [2.45, 2.75) is 12.1 Å². The Morgan fingerprint density at radius 2 is 1.86 bits per heavy atom. The molecule has 12 heteroatoms. The van der Waals surface area contributed by atoms with Crippen LogP contribution in [0.5, 0.6) is 0 Å². The molecule has 28 heavy (non-hydrogen) atoms. The lowest BCUT2D eigenvalue weighted by molar-refractivity contribution is -0.128. The summed E-state index contributed by atoms with van der Waals surface area (Å²) in [6.45, 7) is 4.67. The standard InChI is InChI=1S/C16H20N10OS/c1-12-17-5-6-26(12)14-4-3-13(18-19-14)24-7-9-25(10-8-24)15(27)11-28-16-20-21-22-23(16)2/h3-6H,7-11H2,1-2H3. The van der Waals surface area contributed by atoms with Gasteiger partial charge >= 0.3 is 0 Å². The van der Waals surface area contributed by atoms with Crippen LogP contribution in [0.15, 0.2) is 29.7 Å². The molecule has 0 radical (unpaired) electrons. The topological polar surface area (TPSA) is 111 Å². The van der Waals surface area contributed by atoms with Crippen molar-refractivity contribution >= 4 is 23.5 Å².